The third-order valence-corrected chi connectivity index (χ3v) is 3.49. The summed E-state index contributed by atoms with van der Waals surface area (Å²) in [6, 6.07) is 10.1. The van der Waals surface area contributed by atoms with Gasteiger partial charge in [-0.3, -0.25) is 0 Å². The number of hydrogen-bond donors (Lipinski definition) is 0. The first-order valence-corrected chi connectivity index (χ1v) is 6.74. The van der Waals surface area contributed by atoms with E-state index in [1.807, 2.05) is 35.2 Å². The highest BCUT2D eigenvalue weighted by Crippen LogP contribution is 2.17. The number of carbonyl (C=O) groups is 1. The molecule has 1 aliphatic heterocycles. The minimum absolute atomic E-state index is 0.173. The van der Waals surface area contributed by atoms with Gasteiger partial charge in [-0.25, -0.2) is 4.79 Å². The van der Waals surface area contributed by atoms with Gasteiger partial charge in [-0.2, -0.15) is 0 Å². The van der Waals surface area contributed by atoms with Crippen LogP contribution in [0.1, 0.15) is 38.2 Å². The number of likely N-dealkylation sites (tertiary alicyclic amines) is 1. The average molecular weight is 247 g/mol. The van der Waals surface area contributed by atoms with Crippen LogP contribution in [0.25, 0.3) is 0 Å². The Morgan fingerprint density at radius 2 is 2.06 bits per heavy atom. The third-order valence-electron chi connectivity index (χ3n) is 3.49. The van der Waals surface area contributed by atoms with E-state index in [0.29, 0.717) is 12.6 Å². The molecule has 1 atom stereocenters. The van der Waals surface area contributed by atoms with Crippen molar-refractivity contribution in [3.05, 3.63) is 35.9 Å². The van der Waals surface area contributed by atoms with Crippen LogP contribution in [0.3, 0.4) is 0 Å². The molecule has 3 heteroatoms. The summed E-state index contributed by atoms with van der Waals surface area (Å²) < 4.78 is 5.38. The Morgan fingerprint density at radius 1 is 1.28 bits per heavy atom. The normalized spacial score (nSPS) is 20.3. The van der Waals surface area contributed by atoms with E-state index in [2.05, 4.69) is 6.92 Å². The highest BCUT2D eigenvalue weighted by Gasteiger charge is 2.22. The van der Waals surface area contributed by atoms with Gasteiger partial charge >= 0.3 is 6.09 Å². The zero-order valence-electron chi connectivity index (χ0n) is 11.0. The van der Waals surface area contributed by atoms with Gasteiger partial charge in [-0.15, -0.1) is 0 Å². The first-order valence-electron chi connectivity index (χ1n) is 6.74. The van der Waals surface area contributed by atoms with E-state index in [4.69, 9.17) is 4.74 Å². The summed E-state index contributed by atoms with van der Waals surface area (Å²) in [5.41, 5.74) is 1.04. The molecule has 1 aromatic rings. The number of rotatable bonds is 2. The second-order valence-corrected chi connectivity index (χ2v) is 4.93. The fourth-order valence-corrected chi connectivity index (χ4v) is 2.35. The smallest absolute Gasteiger partial charge is 0.410 e. The molecule has 0 aromatic heterocycles. The molecule has 3 nitrogen and oxygen atoms in total. The van der Waals surface area contributed by atoms with E-state index in [0.717, 1.165) is 24.9 Å². The predicted octanol–water partition coefficient (Wildman–Crippen LogP) is 3.59. The largest absolute Gasteiger partial charge is 0.445 e. The van der Waals surface area contributed by atoms with Crippen molar-refractivity contribution < 1.29 is 9.53 Å². The molecular weight excluding hydrogens is 226 g/mol. The summed E-state index contributed by atoms with van der Waals surface area (Å²) >= 11 is 0. The fraction of sp³-hybridized carbons (Fsp3) is 0.533. The van der Waals surface area contributed by atoms with Crippen molar-refractivity contribution >= 4 is 6.09 Å². The maximum absolute atomic E-state index is 12.0. The number of carbonyl (C=O) groups excluding carboxylic acids is 1. The molecule has 1 heterocycles. The lowest BCUT2D eigenvalue weighted by Crippen LogP contribution is -2.38. The van der Waals surface area contributed by atoms with Crippen LogP contribution in [-0.2, 0) is 11.3 Å². The van der Waals surface area contributed by atoms with Gasteiger partial charge in [0.15, 0.2) is 0 Å². The standard InChI is InChI=1S/C15H21NO2/c1-13-8-4-3-7-11-16(13)15(17)18-12-14-9-5-2-6-10-14/h2,5-6,9-10,13H,3-4,7-8,11-12H2,1H3/t13-/m1/s1. The Labute approximate surface area is 109 Å². The Bertz CT molecular complexity index is 377. The monoisotopic (exact) mass is 247 g/mol. The second kappa shape index (κ2) is 6.43. The lowest BCUT2D eigenvalue weighted by atomic mass is 10.1. The topological polar surface area (TPSA) is 29.5 Å². The number of nitrogens with zero attached hydrogens (tertiary/aromatic N) is 1. The van der Waals surface area contributed by atoms with Crippen molar-refractivity contribution in [3.8, 4) is 0 Å². The van der Waals surface area contributed by atoms with Gasteiger partial charge in [-0.05, 0) is 25.3 Å². The molecule has 0 radical (unpaired) electrons. The van der Waals surface area contributed by atoms with E-state index in [1.54, 1.807) is 0 Å². The van der Waals surface area contributed by atoms with E-state index >= 15 is 0 Å². The molecule has 1 fully saturated rings. The highest BCUT2D eigenvalue weighted by molar-refractivity contribution is 5.68. The van der Waals surface area contributed by atoms with Crippen LogP contribution < -0.4 is 0 Å². The zero-order valence-corrected chi connectivity index (χ0v) is 11.0. The van der Waals surface area contributed by atoms with Gasteiger partial charge in [0, 0.05) is 12.6 Å². The molecule has 0 unspecified atom stereocenters. The first-order chi connectivity index (χ1) is 8.77. The van der Waals surface area contributed by atoms with Gasteiger partial charge in [-0.1, -0.05) is 43.2 Å². The van der Waals surface area contributed by atoms with Crippen molar-refractivity contribution in [2.75, 3.05) is 6.54 Å². The Balaban J connectivity index is 1.87. The lowest BCUT2D eigenvalue weighted by Gasteiger charge is -2.26. The number of benzene rings is 1. The van der Waals surface area contributed by atoms with Crippen molar-refractivity contribution in [2.45, 2.75) is 45.3 Å². The molecule has 0 saturated carbocycles. The van der Waals surface area contributed by atoms with Crippen LogP contribution in [0.4, 0.5) is 4.79 Å². The van der Waals surface area contributed by atoms with E-state index in [1.165, 1.54) is 12.8 Å². The molecule has 98 valence electrons. The van der Waals surface area contributed by atoms with Crippen LogP contribution in [0.15, 0.2) is 30.3 Å². The molecule has 1 aromatic carbocycles. The van der Waals surface area contributed by atoms with Crippen molar-refractivity contribution in [2.24, 2.45) is 0 Å². The maximum atomic E-state index is 12.0. The first kappa shape index (κ1) is 12.9. The molecule has 1 aliphatic rings. The summed E-state index contributed by atoms with van der Waals surface area (Å²) in [6.07, 6.45) is 4.43. The average Bonchev–Trinajstić information content (AvgIpc) is 2.62. The summed E-state index contributed by atoms with van der Waals surface area (Å²) in [7, 11) is 0. The third kappa shape index (κ3) is 3.49. The molecule has 0 bridgehead atoms. The molecule has 0 spiro atoms. The van der Waals surface area contributed by atoms with Gasteiger partial charge in [0.1, 0.15) is 6.61 Å². The molecule has 0 aliphatic carbocycles. The van der Waals surface area contributed by atoms with Gasteiger partial charge in [0.2, 0.25) is 0 Å². The van der Waals surface area contributed by atoms with E-state index < -0.39 is 0 Å². The molecule has 18 heavy (non-hydrogen) atoms. The number of hydrogen-bond acceptors (Lipinski definition) is 2. The molecular formula is C15H21NO2. The van der Waals surface area contributed by atoms with Crippen molar-refractivity contribution in [3.63, 3.8) is 0 Å². The van der Waals surface area contributed by atoms with Crippen LogP contribution in [0, 0.1) is 0 Å². The predicted molar refractivity (Wildman–Crippen MR) is 71.3 cm³/mol. The fourth-order valence-electron chi connectivity index (χ4n) is 2.35. The number of ether oxygens (including phenoxy) is 1. The molecule has 1 saturated heterocycles. The van der Waals surface area contributed by atoms with Gasteiger partial charge in [0.05, 0.1) is 0 Å². The number of amides is 1. The lowest BCUT2D eigenvalue weighted by molar-refractivity contribution is 0.0843. The quantitative estimate of drug-likeness (QED) is 0.799. The molecule has 1 amide bonds. The Kier molecular flexibility index (Phi) is 4.62. The molecule has 2 rings (SSSR count). The minimum atomic E-state index is -0.173. The Hall–Kier alpha value is -1.51. The summed E-state index contributed by atoms with van der Waals surface area (Å²) in [4.78, 5) is 13.9. The van der Waals surface area contributed by atoms with E-state index in [9.17, 15) is 4.79 Å². The summed E-state index contributed by atoms with van der Waals surface area (Å²) in [5.74, 6) is 0. The van der Waals surface area contributed by atoms with Crippen LogP contribution in [0.2, 0.25) is 0 Å². The van der Waals surface area contributed by atoms with Gasteiger partial charge < -0.3 is 9.64 Å². The van der Waals surface area contributed by atoms with Crippen LogP contribution >= 0.6 is 0 Å². The van der Waals surface area contributed by atoms with Crippen molar-refractivity contribution in [1.82, 2.24) is 4.90 Å². The van der Waals surface area contributed by atoms with Crippen LogP contribution in [-0.4, -0.2) is 23.6 Å². The van der Waals surface area contributed by atoms with Gasteiger partial charge in [0.25, 0.3) is 0 Å². The Morgan fingerprint density at radius 3 is 2.83 bits per heavy atom. The van der Waals surface area contributed by atoms with Crippen LogP contribution in [0.5, 0.6) is 0 Å². The summed E-state index contributed by atoms with van der Waals surface area (Å²) in [6.45, 7) is 3.30. The van der Waals surface area contributed by atoms with E-state index in [-0.39, 0.29) is 6.09 Å². The summed E-state index contributed by atoms with van der Waals surface area (Å²) in [5, 5.41) is 0. The van der Waals surface area contributed by atoms with Crippen molar-refractivity contribution in [1.29, 1.82) is 0 Å². The zero-order chi connectivity index (χ0) is 12.8. The molecule has 0 N–H and O–H groups in total. The SMILES string of the molecule is C[C@@H]1CCCCCN1C(=O)OCc1ccccc1. The maximum Gasteiger partial charge on any atom is 0.410 e. The second-order valence-electron chi connectivity index (χ2n) is 4.93. The minimum Gasteiger partial charge on any atom is -0.445 e. The highest BCUT2D eigenvalue weighted by atomic mass is 16.6.